The summed E-state index contributed by atoms with van der Waals surface area (Å²) in [6.45, 7) is 0.0150. The van der Waals surface area contributed by atoms with Crippen molar-refractivity contribution in [2.24, 2.45) is 0 Å². The van der Waals surface area contributed by atoms with Gasteiger partial charge in [-0.05, 0) is 24.3 Å². The Hall–Kier alpha value is -2.28. The number of anilines is 1. The monoisotopic (exact) mass is 299 g/mol. The summed E-state index contributed by atoms with van der Waals surface area (Å²) in [7, 11) is 0. The van der Waals surface area contributed by atoms with Gasteiger partial charge in [0.1, 0.15) is 0 Å². The molecule has 0 saturated heterocycles. The van der Waals surface area contributed by atoms with Crippen molar-refractivity contribution in [2.45, 2.75) is 6.42 Å². The number of halogens is 1. The third-order valence-electron chi connectivity index (χ3n) is 2.75. The van der Waals surface area contributed by atoms with E-state index in [0.717, 1.165) is 0 Å². The Kier molecular flexibility index (Phi) is 5.39. The van der Waals surface area contributed by atoms with Gasteiger partial charge in [0.25, 0.3) is 5.91 Å². The van der Waals surface area contributed by atoms with Gasteiger partial charge in [0, 0.05) is 12.0 Å². The molecule has 0 heterocycles. The van der Waals surface area contributed by atoms with Gasteiger partial charge in [-0.3, -0.25) is 4.79 Å². The van der Waals surface area contributed by atoms with Gasteiger partial charge in [-0.1, -0.05) is 47.7 Å². The molecule has 2 aromatic rings. The first-order valence-corrected chi connectivity index (χ1v) is 6.85. The molecule has 4 heteroatoms. The van der Waals surface area contributed by atoms with Gasteiger partial charge < -0.3 is 10.4 Å². The van der Waals surface area contributed by atoms with E-state index in [0.29, 0.717) is 28.3 Å². The zero-order valence-corrected chi connectivity index (χ0v) is 12.0. The third-order valence-corrected chi connectivity index (χ3v) is 3.08. The van der Waals surface area contributed by atoms with E-state index in [9.17, 15) is 4.79 Å². The summed E-state index contributed by atoms with van der Waals surface area (Å²) in [6, 6.07) is 14.1. The fourth-order valence-electron chi connectivity index (χ4n) is 1.75. The van der Waals surface area contributed by atoms with Gasteiger partial charge in [0.2, 0.25) is 0 Å². The largest absolute Gasteiger partial charge is 0.395 e. The van der Waals surface area contributed by atoms with Crippen LogP contribution in [-0.2, 0) is 0 Å². The van der Waals surface area contributed by atoms with E-state index < -0.39 is 0 Å². The maximum absolute atomic E-state index is 12.2. The van der Waals surface area contributed by atoms with Crippen LogP contribution in [0.25, 0.3) is 0 Å². The van der Waals surface area contributed by atoms with Crippen molar-refractivity contribution in [3.05, 3.63) is 64.7 Å². The topological polar surface area (TPSA) is 49.3 Å². The minimum Gasteiger partial charge on any atom is -0.395 e. The van der Waals surface area contributed by atoms with Crippen LogP contribution in [0.5, 0.6) is 0 Å². The lowest BCUT2D eigenvalue weighted by molar-refractivity contribution is 0.102. The lowest BCUT2D eigenvalue weighted by Gasteiger charge is -2.08. The fraction of sp³-hybridized carbons (Fsp3) is 0.118. The molecule has 0 aromatic heterocycles. The maximum atomic E-state index is 12.2. The Morgan fingerprint density at radius 3 is 2.62 bits per heavy atom. The van der Waals surface area contributed by atoms with Gasteiger partial charge in [-0.25, -0.2) is 0 Å². The highest BCUT2D eigenvalue weighted by Crippen LogP contribution is 2.19. The first-order chi connectivity index (χ1) is 10.2. The van der Waals surface area contributed by atoms with Gasteiger partial charge in [-0.2, -0.15) is 0 Å². The zero-order chi connectivity index (χ0) is 15.1. The van der Waals surface area contributed by atoms with E-state index in [4.69, 9.17) is 16.7 Å². The van der Waals surface area contributed by atoms with Gasteiger partial charge >= 0.3 is 0 Å². The smallest absolute Gasteiger partial charge is 0.257 e. The van der Waals surface area contributed by atoms with E-state index in [1.165, 1.54) is 0 Å². The molecule has 0 radical (unpaired) electrons. The first kappa shape index (κ1) is 15.1. The predicted molar refractivity (Wildman–Crippen MR) is 84.4 cm³/mol. The Morgan fingerprint density at radius 1 is 1.14 bits per heavy atom. The molecular formula is C17H14ClNO2. The standard InChI is InChI=1S/C17H14ClNO2/c18-15-10-3-2-9-14(15)17(21)19-16-11-4-1-7-13(16)8-5-6-12-20/h1-4,7,9-11,20H,6,12H2,(H,19,21). The summed E-state index contributed by atoms with van der Waals surface area (Å²) in [5.41, 5.74) is 1.73. The number of amides is 1. The quantitative estimate of drug-likeness (QED) is 0.854. The van der Waals surface area contributed by atoms with E-state index >= 15 is 0 Å². The Bertz CT molecular complexity index is 701. The van der Waals surface area contributed by atoms with E-state index in [2.05, 4.69) is 17.2 Å². The number of para-hydroxylation sites is 1. The molecular weight excluding hydrogens is 286 g/mol. The predicted octanol–water partition coefficient (Wildman–Crippen LogP) is 3.33. The van der Waals surface area contributed by atoms with E-state index in [1.807, 2.05) is 18.2 Å². The minimum atomic E-state index is -0.281. The normalized spacial score (nSPS) is 9.62. The molecule has 0 bridgehead atoms. The molecule has 1 amide bonds. The Labute approximate surface area is 128 Å². The number of aliphatic hydroxyl groups excluding tert-OH is 1. The molecule has 0 atom stereocenters. The van der Waals surface area contributed by atoms with Crippen LogP contribution in [0.3, 0.4) is 0 Å². The number of carbonyl (C=O) groups is 1. The zero-order valence-electron chi connectivity index (χ0n) is 11.3. The molecule has 0 aliphatic heterocycles. The lowest BCUT2D eigenvalue weighted by Crippen LogP contribution is -2.13. The van der Waals surface area contributed by atoms with Gasteiger partial charge in [0.15, 0.2) is 0 Å². The minimum absolute atomic E-state index is 0.0150. The molecule has 0 aliphatic carbocycles. The molecule has 2 N–H and O–H groups in total. The molecule has 2 aromatic carbocycles. The van der Waals surface area contributed by atoms with Crippen LogP contribution in [0.15, 0.2) is 48.5 Å². The van der Waals surface area contributed by atoms with Gasteiger partial charge in [-0.15, -0.1) is 0 Å². The van der Waals surface area contributed by atoms with Crippen molar-refractivity contribution in [2.75, 3.05) is 11.9 Å². The summed E-state index contributed by atoms with van der Waals surface area (Å²) in [5, 5.41) is 12.0. The Morgan fingerprint density at radius 2 is 1.86 bits per heavy atom. The SMILES string of the molecule is O=C(Nc1ccccc1C#CCCO)c1ccccc1Cl. The second kappa shape index (κ2) is 7.49. The summed E-state index contributed by atoms with van der Waals surface area (Å²) in [5.74, 6) is 5.49. The van der Waals surface area contributed by atoms with Crippen molar-refractivity contribution in [1.82, 2.24) is 0 Å². The highest BCUT2D eigenvalue weighted by molar-refractivity contribution is 6.34. The maximum Gasteiger partial charge on any atom is 0.257 e. The summed E-state index contributed by atoms with van der Waals surface area (Å²) >= 11 is 6.01. The second-order valence-corrected chi connectivity index (χ2v) is 4.66. The second-order valence-electron chi connectivity index (χ2n) is 4.25. The lowest BCUT2D eigenvalue weighted by atomic mass is 10.1. The number of hydrogen-bond acceptors (Lipinski definition) is 2. The highest BCUT2D eigenvalue weighted by Gasteiger charge is 2.10. The number of aliphatic hydroxyl groups is 1. The fourth-order valence-corrected chi connectivity index (χ4v) is 1.97. The van der Waals surface area contributed by atoms with Crippen LogP contribution in [0.1, 0.15) is 22.3 Å². The van der Waals surface area contributed by atoms with Crippen molar-refractivity contribution in [1.29, 1.82) is 0 Å². The van der Waals surface area contributed by atoms with Crippen molar-refractivity contribution >= 4 is 23.2 Å². The molecule has 2 rings (SSSR count). The molecule has 0 aliphatic rings. The molecule has 0 unspecified atom stereocenters. The summed E-state index contributed by atoms with van der Waals surface area (Å²) in [6.07, 6.45) is 0.396. The number of nitrogens with one attached hydrogen (secondary N) is 1. The van der Waals surface area contributed by atoms with Crippen LogP contribution >= 0.6 is 11.6 Å². The highest BCUT2D eigenvalue weighted by atomic mass is 35.5. The molecule has 0 saturated carbocycles. The van der Waals surface area contributed by atoms with Crippen molar-refractivity contribution < 1.29 is 9.90 Å². The molecule has 21 heavy (non-hydrogen) atoms. The van der Waals surface area contributed by atoms with Crippen LogP contribution in [0.4, 0.5) is 5.69 Å². The first-order valence-electron chi connectivity index (χ1n) is 6.47. The van der Waals surface area contributed by atoms with E-state index in [1.54, 1.807) is 30.3 Å². The van der Waals surface area contributed by atoms with Gasteiger partial charge in [0.05, 0.1) is 22.9 Å². The van der Waals surface area contributed by atoms with Crippen LogP contribution in [0, 0.1) is 11.8 Å². The number of carbonyl (C=O) groups excluding carboxylic acids is 1. The van der Waals surface area contributed by atoms with E-state index in [-0.39, 0.29) is 12.5 Å². The van der Waals surface area contributed by atoms with Crippen LogP contribution in [0.2, 0.25) is 5.02 Å². The molecule has 0 spiro atoms. The molecule has 106 valence electrons. The van der Waals surface area contributed by atoms with Crippen molar-refractivity contribution in [3.63, 3.8) is 0 Å². The number of benzene rings is 2. The Balaban J connectivity index is 2.23. The summed E-state index contributed by atoms with van der Waals surface area (Å²) in [4.78, 5) is 12.2. The van der Waals surface area contributed by atoms with Crippen molar-refractivity contribution in [3.8, 4) is 11.8 Å². The average Bonchev–Trinajstić information content (AvgIpc) is 2.49. The third kappa shape index (κ3) is 4.09. The molecule has 0 fully saturated rings. The number of hydrogen-bond donors (Lipinski definition) is 2. The van der Waals surface area contributed by atoms with Crippen LogP contribution < -0.4 is 5.32 Å². The molecule has 3 nitrogen and oxygen atoms in total. The average molecular weight is 300 g/mol. The van der Waals surface area contributed by atoms with Crippen LogP contribution in [-0.4, -0.2) is 17.6 Å². The summed E-state index contributed by atoms with van der Waals surface area (Å²) < 4.78 is 0. The number of rotatable bonds is 3.